The second-order valence-electron chi connectivity index (χ2n) is 4.21. The summed E-state index contributed by atoms with van der Waals surface area (Å²) in [6.07, 6.45) is 0.00470. The molecule has 0 aliphatic carbocycles. The number of carbonyl (C=O) groups is 2. The Hall–Kier alpha value is -1.88. The van der Waals surface area contributed by atoms with Gasteiger partial charge in [-0.2, -0.15) is 0 Å². The van der Waals surface area contributed by atoms with E-state index >= 15 is 0 Å². The molecule has 0 saturated heterocycles. The average molecular weight is 265 g/mol. The van der Waals surface area contributed by atoms with E-state index in [1.807, 2.05) is 13.8 Å². The van der Waals surface area contributed by atoms with Gasteiger partial charge in [0.15, 0.2) is 0 Å². The van der Waals surface area contributed by atoms with E-state index in [2.05, 4.69) is 5.32 Å². The van der Waals surface area contributed by atoms with Gasteiger partial charge in [-0.1, -0.05) is 18.2 Å². The Kier molecular flexibility index (Phi) is 6.02. The highest BCUT2D eigenvalue weighted by Gasteiger charge is 2.12. The molecule has 0 aliphatic rings. The van der Waals surface area contributed by atoms with Crippen molar-refractivity contribution in [3.8, 4) is 0 Å². The zero-order valence-electron chi connectivity index (χ0n) is 11.2. The molecule has 0 spiro atoms. The summed E-state index contributed by atoms with van der Waals surface area (Å²) in [5.41, 5.74) is 0.673. The number of hydrogen-bond donors (Lipinski definition) is 2. The standard InChI is InChI=1S/C14H19NO4/c1-3-19-10(2)9-15-13(16)8-11-6-4-5-7-12(11)14(17)18/h4-7,10H,3,8-9H2,1-2H3,(H,15,16)(H,17,18). The van der Waals surface area contributed by atoms with E-state index in [1.165, 1.54) is 6.07 Å². The molecule has 2 N–H and O–H groups in total. The fourth-order valence-corrected chi connectivity index (χ4v) is 1.72. The third kappa shape index (κ3) is 5.09. The second-order valence-corrected chi connectivity index (χ2v) is 4.21. The topological polar surface area (TPSA) is 75.6 Å². The van der Waals surface area contributed by atoms with Crippen LogP contribution in [-0.4, -0.2) is 36.2 Å². The largest absolute Gasteiger partial charge is 0.478 e. The molecular weight excluding hydrogens is 246 g/mol. The molecule has 1 amide bonds. The third-order valence-corrected chi connectivity index (χ3v) is 2.64. The van der Waals surface area contributed by atoms with Crippen LogP contribution in [-0.2, 0) is 16.0 Å². The van der Waals surface area contributed by atoms with Crippen molar-refractivity contribution in [1.82, 2.24) is 5.32 Å². The van der Waals surface area contributed by atoms with Crippen LogP contribution in [0.4, 0.5) is 0 Å². The van der Waals surface area contributed by atoms with Crippen molar-refractivity contribution in [3.63, 3.8) is 0 Å². The van der Waals surface area contributed by atoms with Gasteiger partial charge in [0.05, 0.1) is 18.1 Å². The number of carboxylic acids is 1. The summed E-state index contributed by atoms with van der Waals surface area (Å²) >= 11 is 0. The van der Waals surface area contributed by atoms with E-state index in [0.29, 0.717) is 18.7 Å². The molecule has 1 unspecified atom stereocenters. The van der Waals surface area contributed by atoms with Crippen LogP contribution in [0.5, 0.6) is 0 Å². The number of hydrogen-bond acceptors (Lipinski definition) is 3. The number of carboxylic acid groups (broad SMARTS) is 1. The minimum atomic E-state index is -1.02. The van der Waals surface area contributed by atoms with Gasteiger partial charge in [-0.15, -0.1) is 0 Å². The lowest BCUT2D eigenvalue weighted by Crippen LogP contribution is -2.33. The van der Waals surface area contributed by atoms with E-state index < -0.39 is 5.97 Å². The molecule has 0 aliphatic heterocycles. The number of aromatic carboxylic acids is 1. The maximum absolute atomic E-state index is 11.7. The summed E-state index contributed by atoms with van der Waals surface area (Å²) in [5, 5.41) is 11.7. The van der Waals surface area contributed by atoms with E-state index in [4.69, 9.17) is 9.84 Å². The third-order valence-electron chi connectivity index (χ3n) is 2.64. The number of nitrogens with one attached hydrogen (secondary N) is 1. The zero-order chi connectivity index (χ0) is 14.3. The lowest BCUT2D eigenvalue weighted by molar-refractivity contribution is -0.121. The zero-order valence-corrected chi connectivity index (χ0v) is 11.2. The lowest BCUT2D eigenvalue weighted by atomic mass is 10.0. The fourth-order valence-electron chi connectivity index (χ4n) is 1.72. The maximum Gasteiger partial charge on any atom is 0.335 e. The van der Waals surface area contributed by atoms with E-state index in [9.17, 15) is 9.59 Å². The Morgan fingerprint density at radius 3 is 2.68 bits per heavy atom. The SMILES string of the molecule is CCOC(C)CNC(=O)Cc1ccccc1C(=O)O. The monoisotopic (exact) mass is 265 g/mol. The smallest absolute Gasteiger partial charge is 0.335 e. The van der Waals surface area contributed by atoms with Gasteiger partial charge in [-0.05, 0) is 25.5 Å². The van der Waals surface area contributed by atoms with Crippen LogP contribution in [0, 0.1) is 0 Å². The molecule has 0 bridgehead atoms. The predicted octanol–water partition coefficient (Wildman–Crippen LogP) is 1.47. The highest BCUT2D eigenvalue weighted by atomic mass is 16.5. The van der Waals surface area contributed by atoms with E-state index in [0.717, 1.165) is 0 Å². The quantitative estimate of drug-likeness (QED) is 0.782. The van der Waals surface area contributed by atoms with Gasteiger partial charge in [-0.3, -0.25) is 4.79 Å². The normalized spacial score (nSPS) is 11.9. The van der Waals surface area contributed by atoms with Crippen LogP contribution >= 0.6 is 0 Å². The maximum atomic E-state index is 11.7. The lowest BCUT2D eigenvalue weighted by Gasteiger charge is -2.13. The average Bonchev–Trinajstić information content (AvgIpc) is 2.37. The molecule has 1 aromatic rings. The molecule has 0 aromatic heterocycles. The van der Waals surface area contributed by atoms with Crippen molar-refractivity contribution < 1.29 is 19.4 Å². The molecule has 0 saturated carbocycles. The Labute approximate surface area is 112 Å². The number of ether oxygens (including phenoxy) is 1. The van der Waals surface area contributed by atoms with Crippen LogP contribution in [0.1, 0.15) is 29.8 Å². The summed E-state index contributed by atoms with van der Waals surface area (Å²) in [4.78, 5) is 22.7. The molecule has 1 rings (SSSR count). The molecule has 0 heterocycles. The minimum absolute atomic E-state index is 0.0522. The molecular formula is C14H19NO4. The van der Waals surface area contributed by atoms with Crippen molar-refractivity contribution in [2.75, 3.05) is 13.2 Å². The summed E-state index contributed by atoms with van der Waals surface area (Å²) in [6, 6.07) is 6.50. The Morgan fingerprint density at radius 1 is 1.37 bits per heavy atom. The Balaban J connectivity index is 2.55. The summed E-state index contributed by atoms with van der Waals surface area (Å²) in [7, 11) is 0. The van der Waals surface area contributed by atoms with Crippen molar-refractivity contribution in [3.05, 3.63) is 35.4 Å². The van der Waals surface area contributed by atoms with Gasteiger partial charge in [-0.25, -0.2) is 4.79 Å². The van der Waals surface area contributed by atoms with Crippen LogP contribution in [0.15, 0.2) is 24.3 Å². The van der Waals surface area contributed by atoms with Crippen molar-refractivity contribution in [2.45, 2.75) is 26.4 Å². The van der Waals surface area contributed by atoms with Crippen LogP contribution in [0.2, 0.25) is 0 Å². The number of carbonyl (C=O) groups excluding carboxylic acids is 1. The minimum Gasteiger partial charge on any atom is -0.478 e. The first-order valence-electron chi connectivity index (χ1n) is 6.24. The number of amides is 1. The van der Waals surface area contributed by atoms with E-state index in [1.54, 1.807) is 18.2 Å². The Bertz CT molecular complexity index is 445. The van der Waals surface area contributed by atoms with Gasteiger partial charge in [0.2, 0.25) is 5.91 Å². The number of benzene rings is 1. The first-order valence-corrected chi connectivity index (χ1v) is 6.24. The van der Waals surface area contributed by atoms with Gasteiger partial charge >= 0.3 is 5.97 Å². The molecule has 0 radical (unpaired) electrons. The first kappa shape index (κ1) is 15.2. The van der Waals surface area contributed by atoms with Crippen LogP contribution < -0.4 is 5.32 Å². The molecule has 5 heteroatoms. The van der Waals surface area contributed by atoms with Crippen LogP contribution in [0.25, 0.3) is 0 Å². The second kappa shape index (κ2) is 7.53. The first-order chi connectivity index (χ1) is 9.04. The highest BCUT2D eigenvalue weighted by Crippen LogP contribution is 2.09. The highest BCUT2D eigenvalue weighted by molar-refractivity contribution is 5.91. The summed E-state index contributed by atoms with van der Waals surface area (Å²) < 4.78 is 5.30. The molecule has 0 fully saturated rings. The van der Waals surface area contributed by atoms with Gasteiger partial charge in [0.1, 0.15) is 0 Å². The molecule has 19 heavy (non-hydrogen) atoms. The number of rotatable bonds is 7. The van der Waals surface area contributed by atoms with Crippen molar-refractivity contribution >= 4 is 11.9 Å². The van der Waals surface area contributed by atoms with Crippen LogP contribution in [0.3, 0.4) is 0 Å². The molecule has 5 nitrogen and oxygen atoms in total. The van der Waals surface area contributed by atoms with Gasteiger partial charge < -0.3 is 15.2 Å². The summed E-state index contributed by atoms with van der Waals surface area (Å²) in [6.45, 7) is 4.77. The molecule has 1 atom stereocenters. The van der Waals surface area contributed by atoms with Crippen molar-refractivity contribution in [1.29, 1.82) is 0 Å². The Morgan fingerprint density at radius 2 is 2.05 bits per heavy atom. The van der Waals surface area contributed by atoms with Gasteiger partial charge in [0, 0.05) is 13.2 Å². The summed E-state index contributed by atoms with van der Waals surface area (Å²) in [5.74, 6) is -1.23. The van der Waals surface area contributed by atoms with E-state index in [-0.39, 0.29) is 24.0 Å². The molecule has 104 valence electrons. The van der Waals surface area contributed by atoms with Gasteiger partial charge in [0.25, 0.3) is 0 Å². The fraction of sp³-hybridized carbons (Fsp3) is 0.429. The predicted molar refractivity (Wildman–Crippen MR) is 71.2 cm³/mol. The van der Waals surface area contributed by atoms with Crippen molar-refractivity contribution in [2.24, 2.45) is 0 Å². The molecule has 1 aromatic carbocycles.